The Morgan fingerprint density at radius 3 is 2.52 bits per heavy atom. The number of nitriles is 1. The monoisotopic (exact) mass is 352 g/mol. The van der Waals surface area contributed by atoms with Crippen LogP contribution in [0.3, 0.4) is 0 Å². The Kier molecular flexibility index (Phi) is 5.46. The van der Waals surface area contributed by atoms with Crippen molar-refractivity contribution in [2.24, 2.45) is 5.92 Å². The molecule has 0 radical (unpaired) electrons. The molecule has 126 valence electrons. The molecule has 6 heteroatoms. The maximum atomic E-state index is 13.2. The Balaban J connectivity index is 1.95. The van der Waals surface area contributed by atoms with Crippen LogP contribution >= 0.6 is 11.8 Å². The lowest BCUT2D eigenvalue weighted by Crippen LogP contribution is -2.05. The van der Waals surface area contributed by atoms with E-state index in [2.05, 4.69) is 16.3 Å². The highest BCUT2D eigenvalue weighted by Crippen LogP contribution is 2.26. The van der Waals surface area contributed by atoms with Crippen molar-refractivity contribution in [1.29, 1.82) is 5.26 Å². The van der Waals surface area contributed by atoms with Crippen LogP contribution in [-0.4, -0.2) is 20.5 Å². The molecule has 1 atom stereocenters. The molecule has 0 aliphatic heterocycles. The Hall–Kier alpha value is -2.65. The van der Waals surface area contributed by atoms with Crippen molar-refractivity contribution in [3.05, 3.63) is 66.0 Å². The van der Waals surface area contributed by atoms with Gasteiger partial charge in [-0.2, -0.15) is 5.26 Å². The molecular weight excluding hydrogens is 335 g/mol. The summed E-state index contributed by atoms with van der Waals surface area (Å²) in [5.41, 5.74) is 1.94. The molecule has 0 N–H and O–H groups in total. The lowest BCUT2D eigenvalue weighted by Gasteiger charge is -2.11. The fraction of sp³-hybridized carbons (Fsp3) is 0.211. The SMILES string of the molecule is C[C@H](C#N)CSc1nnc(-c2ccc(F)cc2)n1Cc1ccccc1. The standard InChI is InChI=1S/C19H17FN4S/c1-14(11-21)13-25-19-23-22-18(16-7-9-17(20)10-8-16)24(19)12-15-5-3-2-4-6-15/h2-10,14H,12-13H2,1H3/t14-/m1/s1. The Morgan fingerprint density at radius 2 is 1.84 bits per heavy atom. The highest BCUT2D eigenvalue weighted by molar-refractivity contribution is 7.99. The third-order valence-electron chi connectivity index (χ3n) is 3.69. The second-order valence-electron chi connectivity index (χ2n) is 5.73. The minimum absolute atomic E-state index is 0.0684. The summed E-state index contributed by atoms with van der Waals surface area (Å²) >= 11 is 1.51. The van der Waals surface area contributed by atoms with E-state index < -0.39 is 0 Å². The van der Waals surface area contributed by atoms with Gasteiger partial charge in [-0.15, -0.1) is 10.2 Å². The molecule has 1 aromatic heterocycles. The van der Waals surface area contributed by atoms with Crippen molar-refractivity contribution in [3.8, 4) is 17.5 Å². The second-order valence-corrected chi connectivity index (χ2v) is 6.71. The number of benzene rings is 2. The predicted octanol–water partition coefficient (Wildman–Crippen LogP) is 4.38. The quantitative estimate of drug-likeness (QED) is 0.618. The van der Waals surface area contributed by atoms with Gasteiger partial charge in [-0.3, -0.25) is 4.57 Å². The maximum absolute atomic E-state index is 13.2. The number of halogens is 1. The highest BCUT2D eigenvalue weighted by Gasteiger charge is 2.16. The van der Waals surface area contributed by atoms with E-state index in [0.717, 1.165) is 16.3 Å². The largest absolute Gasteiger partial charge is 0.298 e. The van der Waals surface area contributed by atoms with Crippen LogP contribution in [0.2, 0.25) is 0 Å². The molecule has 0 unspecified atom stereocenters. The Labute approximate surface area is 150 Å². The van der Waals surface area contributed by atoms with Gasteiger partial charge in [0.1, 0.15) is 5.82 Å². The van der Waals surface area contributed by atoms with Gasteiger partial charge >= 0.3 is 0 Å². The summed E-state index contributed by atoms with van der Waals surface area (Å²) < 4.78 is 15.2. The number of rotatable bonds is 6. The number of hydrogen-bond donors (Lipinski definition) is 0. The molecule has 0 bridgehead atoms. The summed E-state index contributed by atoms with van der Waals surface area (Å²) in [6.45, 7) is 2.50. The third-order valence-corrected chi connectivity index (χ3v) is 4.91. The summed E-state index contributed by atoms with van der Waals surface area (Å²) in [5.74, 6) is 0.986. The molecule has 0 fully saturated rings. The molecule has 3 aromatic rings. The van der Waals surface area contributed by atoms with Gasteiger partial charge in [-0.05, 0) is 36.8 Å². The Morgan fingerprint density at radius 1 is 1.12 bits per heavy atom. The normalized spacial score (nSPS) is 11.9. The molecule has 4 nitrogen and oxygen atoms in total. The summed E-state index contributed by atoms with van der Waals surface area (Å²) in [5, 5.41) is 18.3. The first-order chi connectivity index (χ1) is 12.2. The Bertz CT molecular complexity index is 869. The van der Waals surface area contributed by atoms with Crippen LogP contribution in [0.1, 0.15) is 12.5 Å². The van der Waals surface area contributed by atoms with Crippen molar-refractivity contribution in [3.63, 3.8) is 0 Å². The molecule has 0 saturated carbocycles. The lowest BCUT2D eigenvalue weighted by atomic mass is 10.2. The fourth-order valence-electron chi connectivity index (χ4n) is 2.35. The van der Waals surface area contributed by atoms with Gasteiger partial charge in [-0.1, -0.05) is 42.1 Å². The van der Waals surface area contributed by atoms with E-state index in [9.17, 15) is 4.39 Å². The fourth-order valence-corrected chi connectivity index (χ4v) is 3.23. The average molecular weight is 352 g/mol. The number of nitrogens with zero attached hydrogens (tertiary/aromatic N) is 4. The zero-order valence-electron chi connectivity index (χ0n) is 13.8. The minimum Gasteiger partial charge on any atom is -0.298 e. The summed E-state index contributed by atoms with van der Waals surface area (Å²) in [4.78, 5) is 0. The van der Waals surface area contributed by atoms with Gasteiger partial charge in [0.05, 0.1) is 18.5 Å². The average Bonchev–Trinajstić information content (AvgIpc) is 3.03. The van der Waals surface area contributed by atoms with Crippen molar-refractivity contribution >= 4 is 11.8 Å². The van der Waals surface area contributed by atoms with E-state index >= 15 is 0 Å². The van der Waals surface area contributed by atoms with Crippen LogP contribution in [0, 0.1) is 23.1 Å². The third kappa shape index (κ3) is 4.25. The molecular formula is C19H17FN4S. The molecule has 0 saturated heterocycles. The van der Waals surface area contributed by atoms with Crippen LogP contribution in [0.15, 0.2) is 59.8 Å². The van der Waals surface area contributed by atoms with Crippen LogP contribution in [0.4, 0.5) is 4.39 Å². The maximum Gasteiger partial charge on any atom is 0.191 e. The molecule has 0 aliphatic carbocycles. The summed E-state index contributed by atoms with van der Waals surface area (Å²) in [7, 11) is 0. The first-order valence-corrected chi connectivity index (χ1v) is 8.91. The zero-order valence-corrected chi connectivity index (χ0v) is 14.6. The van der Waals surface area contributed by atoms with Gasteiger partial charge < -0.3 is 0 Å². The van der Waals surface area contributed by atoms with Crippen LogP contribution < -0.4 is 0 Å². The van der Waals surface area contributed by atoms with Crippen LogP contribution in [0.5, 0.6) is 0 Å². The molecule has 1 heterocycles. The smallest absolute Gasteiger partial charge is 0.191 e. The molecule has 3 rings (SSSR count). The number of thioether (sulfide) groups is 1. The number of aromatic nitrogens is 3. The lowest BCUT2D eigenvalue weighted by molar-refractivity contribution is 0.628. The topological polar surface area (TPSA) is 54.5 Å². The zero-order chi connectivity index (χ0) is 17.6. The van der Waals surface area contributed by atoms with Gasteiger partial charge in [0, 0.05) is 11.3 Å². The van der Waals surface area contributed by atoms with E-state index in [0.29, 0.717) is 18.1 Å². The molecule has 0 aliphatic rings. The van der Waals surface area contributed by atoms with Crippen molar-refractivity contribution < 1.29 is 4.39 Å². The second kappa shape index (κ2) is 7.95. The van der Waals surface area contributed by atoms with E-state index in [1.807, 2.05) is 41.8 Å². The molecule has 25 heavy (non-hydrogen) atoms. The van der Waals surface area contributed by atoms with Crippen LogP contribution in [-0.2, 0) is 6.54 Å². The highest BCUT2D eigenvalue weighted by atomic mass is 32.2. The van der Waals surface area contributed by atoms with Crippen molar-refractivity contribution in [2.75, 3.05) is 5.75 Å². The van der Waals surface area contributed by atoms with E-state index in [-0.39, 0.29) is 11.7 Å². The molecule has 2 aromatic carbocycles. The van der Waals surface area contributed by atoms with Crippen molar-refractivity contribution in [2.45, 2.75) is 18.6 Å². The summed E-state index contributed by atoms with van der Waals surface area (Å²) in [6, 6.07) is 18.5. The summed E-state index contributed by atoms with van der Waals surface area (Å²) in [6.07, 6.45) is 0. The first-order valence-electron chi connectivity index (χ1n) is 7.93. The molecule has 0 spiro atoms. The predicted molar refractivity (Wildman–Crippen MR) is 96.5 cm³/mol. The number of hydrogen-bond acceptors (Lipinski definition) is 4. The molecule has 0 amide bonds. The van der Waals surface area contributed by atoms with Gasteiger partial charge in [0.15, 0.2) is 11.0 Å². The van der Waals surface area contributed by atoms with E-state index in [4.69, 9.17) is 5.26 Å². The van der Waals surface area contributed by atoms with Crippen LogP contribution in [0.25, 0.3) is 11.4 Å². The minimum atomic E-state index is -0.282. The van der Waals surface area contributed by atoms with E-state index in [1.54, 1.807) is 12.1 Å². The van der Waals surface area contributed by atoms with Crippen molar-refractivity contribution in [1.82, 2.24) is 14.8 Å². The first kappa shape index (κ1) is 17.2. The van der Waals surface area contributed by atoms with Gasteiger partial charge in [0.25, 0.3) is 0 Å². The van der Waals surface area contributed by atoms with Gasteiger partial charge in [0.2, 0.25) is 0 Å². The van der Waals surface area contributed by atoms with E-state index in [1.165, 1.54) is 23.9 Å². The van der Waals surface area contributed by atoms with Gasteiger partial charge in [-0.25, -0.2) is 4.39 Å².